The van der Waals surface area contributed by atoms with Crippen molar-refractivity contribution in [2.75, 3.05) is 40.1 Å². The van der Waals surface area contributed by atoms with Crippen LogP contribution in [0.5, 0.6) is 0 Å². The van der Waals surface area contributed by atoms with Gasteiger partial charge < -0.3 is 53.8 Å². The van der Waals surface area contributed by atoms with E-state index in [-0.39, 0.29) is 114 Å². The largest absolute Gasteiger partial charge is 0.383 e. The molecule has 41 nitrogen and oxygen atoms in total. The molecule has 0 saturated carbocycles. The lowest BCUT2D eigenvalue weighted by atomic mass is 9.80. The minimum Gasteiger partial charge on any atom is -0.383 e. The second-order valence-electron chi connectivity index (χ2n) is 36.0. The molecule has 0 saturated heterocycles. The summed E-state index contributed by atoms with van der Waals surface area (Å²) >= 11 is 0. The standard InChI is InChI=1S/2C10H14N4O.C9H13N5.C9H14N2O2.C8H12FN3O.C8H11FN2O2.C8H12N6.C8H13N3O.C8H12N2O2/c1-10(2,3)5-4-12-7-6(5)13-9(11)14-8(7)15;1-10(2,3)14-5-4-6-7(14)12-9(11)13-8(6)15;1-9(2,3)14-5-13-6-7(10)11-4-12-8(6)14;1-6-5-11(9(2,3)4)8(13)10-7(6)12;1-8(2,3)12-4-5(9)6(10)11-7(12)13;1-8(2,3)11-4-5(9)6(12)10-7(11)13;1-4(2)14-3-11-5-6(9)12-8(10)13-7(5)14;1-8(2,3)11-5-4-6(9)10-7(11)12;1-8(2,3)10-5-4-6(11)9-7(10)12/h4-5H,1-3H3,(H3,11,13,14,15);4-5H,1-3H3,(H3,11,12,13,15);4-5H,1-3H3,(H2,10,11,12);5H,1-4H3,(H,10,12,13);4H,1-3H3,(H2,10,11,13);4H,1-3H3,(H,10,12,13);3-4H,1-2H3,(H4,9,10,12,13);4-5H,1-3H3,(H2,9,10,12);4-5H,1-3H3,(H,9,11,12). The molecule has 1 aliphatic heterocycles. The molecule has 13 heterocycles. The third kappa shape index (κ3) is 26.2. The van der Waals surface area contributed by atoms with E-state index in [9.17, 15) is 56.7 Å². The third-order valence-electron chi connectivity index (χ3n) is 17.1. The second kappa shape index (κ2) is 37.5. The fourth-order valence-corrected chi connectivity index (χ4v) is 10.8. The number of aromatic amines is 5. The number of nitrogens with two attached hydrogens (primary N) is 7. The molecule has 0 aromatic carbocycles. The fraction of sp³-hybridized carbons (Fsp3) is 0.474. The summed E-state index contributed by atoms with van der Waals surface area (Å²) in [7, 11) is 0. The molecule has 0 radical (unpaired) electrons. The lowest BCUT2D eigenvalue weighted by Gasteiger charge is -2.24. The van der Waals surface area contributed by atoms with Crippen LogP contribution < -0.4 is 96.4 Å². The van der Waals surface area contributed by atoms with Gasteiger partial charge in [0.25, 0.3) is 27.8 Å². The van der Waals surface area contributed by atoms with E-state index in [1.54, 1.807) is 96.4 Å². The number of fused-ring (bicyclic) bond motifs is 4. The summed E-state index contributed by atoms with van der Waals surface area (Å²) in [6.07, 6.45) is 15.3. The van der Waals surface area contributed by atoms with Crippen LogP contribution in [-0.2, 0) is 38.8 Å². The Morgan fingerprint density at radius 3 is 1.40 bits per heavy atom. The number of imidazole rings is 2. The van der Waals surface area contributed by atoms with Gasteiger partial charge in [0.05, 0.1) is 29.9 Å². The van der Waals surface area contributed by atoms with E-state index in [0.717, 1.165) is 22.6 Å². The lowest BCUT2D eigenvalue weighted by Crippen LogP contribution is -2.39. The minimum absolute atomic E-state index is 0.0119. The Morgan fingerprint density at radius 2 is 0.876 bits per heavy atom. The molecular weight excluding hydrogens is 1570 g/mol. The molecule has 12 aromatic rings. The number of nitrogens with zero attached hydrogens (tertiary/aromatic N) is 19. The summed E-state index contributed by atoms with van der Waals surface area (Å²) in [6, 6.07) is 4.99. The van der Waals surface area contributed by atoms with Gasteiger partial charge in [-0.25, -0.2) is 53.3 Å². The SMILES string of the molecule is CC(C)(C)C1C=Nc2c1nc(N)[nH]c2=O.CC(C)(C)n1cc(F)c(=O)[nH]c1=O.CC(C)(C)n1cc(F)c(N)nc1=O.CC(C)(C)n1ccc(=O)[nH]c1=O.CC(C)(C)n1ccc(N)nc1=O.CC(C)(C)n1ccc2c(=O)[nH]c(N)nc21.CC(C)(C)n1cnc2c(N)ncnc21.CC(C)n1cnc2c(N)nc(N)nc21.Cc1cn(C(C)(C)C)c(=O)[nH]c1=O. The number of hydrogen-bond acceptors (Lipinski definition) is 28. The van der Waals surface area contributed by atoms with Crippen LogP contribution in [0.4, 0.5) is 55.6 Å². The highest BCUT2D eigenvalue weighted by Gasteiger charge is 2.33. The maximum atomic E-state index is 12.9. The number of nitrogens with one attached hydrogen (secondary N) is 5. The Kier molecular flexibility index (Phi) is 30.4. The van der Waals surface area contributed by atoms with Crippen LogP contribution in [0.3, 0.4) is 0 Å². The minimum atomic E-state index is -0.981. The first-order chi connectivity index (χ1) is 55.2. The molecule has 656 valence electrons. The molecule has 121 heavy (non-hydrogen) atoms. The molecule has 0 amide bonds. The molecule has 1 atom stereocenters. The number of rotatable bonds is 1. The van der Waals surface area contributed by atoms with E-state index in [0.29, 0.717) is 56.3 Å². The van der Waals surface area contributed by atoms with Gasteiger partial charge in [0, 0.05) is 99.6 Å². The summed E-state index contributed by atoms with van der Waals surface area (Å²) in [6.45, 7) is 52.2. The van der Waals surface area contributed by atoms with Crippen molar-refractivity contribution in [3.05, 3.63) is 201 Å². The van der Waals surface area contributed by atoms with Crippen LogP contribution in [0, 0.1) is 24.0 Å². The third-order valence-corrected chi connectivity index (χ3v) is 17.1. The van der Waals surface area contributed by atoms with Gasteiger partial charge in [0.1, 0.15) is 34.5 Å². The number of nitrogen functional groups attached to an aromatic ring is 7. The Labute approximate surface area is 693 Å². The number of halogens is 2. The summed E-state index contributed by atoms with van der Waals surface area (Å²) in [4.78, 5) is 167. The topological polar surface area (TPSA) is 612 Å². The highest BCUT2D eigenvalue weighted by Crippen LogP contribution is 2.40. The second-order valence-corrected chi connectivity index (χ2v) is 36.0. The first kappa shape index (κ1) is 97.9. The molecule has 1 unspecified atom stereocenters. The molecule has 13 rings (SSSR count). The molecule has 0 bridgehead atoms. The molecule has 0 aliphatic carbocycles. The predicted octanol–water partition coefficient (Wildman–Crippen LogP) is 6.62. The molecule has 43 heteroatoms. The van der Waals surface area contributed by atoms with E-state index in [4.69, 9.17) is 40.1 Å². The van der Waals surface area contributed by atoms with Crippen LogP contribution in [0.2, 0.25) is 0 Å². The first-order valence-electron chi connectivity index (χ1n) is 37.8. The molecule has 0 spiro atoms. The molecular formula is C78H115F2N31O10. The Bertz CT molecular complexity index is 6260. The van der Waals surface area contributed by atoms with E-state index in [1.807, 2.05) is 122 Å². The van der Waals surface area contributed by atoms with Crippen LogP contribution in [0.1, 0.15) is 203 Å². The quantitative estimate of drug-likeness (QED) is 0.0821. The maximum absolute atomic E-state index is 12.9. The number of aliphatic imine (C=N–C) groups is 1. The van der Waals surface area contributed by atoms with Gasteiger partial charge in [-0.05, 0) is 184 Å². The summed E-state index contributed by atoms with van der Waals surface area (Å²) in [5.41, 5.74) is 37.1. The van der Waals surface area contributed by atoms with Crippen molar-refractivity contribution in [1.29, 1.82) is 0 Å². The maximum Gasteiger partial charge on any atom is 0.350 e. The summed E-state index contributed by atoms with van der Waals surface area (Å²) in [5, 5.41) is 0.569. The monoisotopic (exact) mass is 1680 g/mol. The number of aromatic nitrogens is 23. The van der Waals surface area contributed by atoms with E-state index in [2.05, 4.69) is 116 Å². The van der Waals surface area contributed by atoms with Crippen molar-refractivity contribution < 1.29 is 8.78 Å². The highest BCUT2D eigenvalue weighted by atomic mass is 19.1. The Hall–Kier alpha value is -13.7. The zero-order valence-electron chi connectivity index (χ0n) is 73.5. The van der Waals surface area contributed by atoms with Gasteiger partial charge in [0.15, 0.2) is 34.6 Å². The Morgan fingerprint density at radius 1 is 0.405 bits per heavy atom. The van der Waals surface area contributed by atoms with Crippen molar-refractivity contribution in [1.82, 2.24) is 111 Å². The number of anilines is 7. The van der Waals surface area contributed by atoms with Crippen molar-refractivity contribution in [3.63, 3.8) is 0 Å². The van der Waals surface area contributed by atoms with Gasteiger partial charge in [-0.2, -0.15) is 29.3 Å². The van der Waals surface area contributed by atoms with Crippen molar-refractivity contribution >= 4 is 86.4 Å². The van der Waals surface area contributed by atoms with Crippen LogP contribution in [0.25, 0.3) is 33.4 Å². The van der Waals surface area contributed by atoms with E-state index in [1.165, 1.54) is 32.3 Å². The van der Waals surface area contributed by atoms with Crippen LogP contribution in [-0.4, -0.2) is 118 Å². The number of aryl methyl sites for hydroxylation is 1. The lowest BCUT2D eigenvalue weighted by molar-refractivity contribution is 0.365. The smallest absolute Gasteiger partial charge is 0.350 e. The first-order valence-corrected chi connectivity index (χ1v) is 37.8. The van der Waals surface area contributed by atoms with E-state index >= 15 is 0 Å². The zero-order valence-corrected chi connectivity index (χ0v) is 73.5. The van der Waals surface area contributed by atoms with Gasteiger partial charge in [0.2, 0.25) is 23.7 Å². The van der Waals surface area contributed by atoms with Crippen molar-refractivity contribution in [2.45, 2.75) is 238 Å². The van der Waals surface area contributed by atoms with Gasteiger partial charge in [-0.1, -0.05) is 20.8 Å². The average molecular weight is 1680 g/mol. The summed E-state index contributed by atoms with van der Waals surface area (Å²) < 4.78 is 38.5. The average Bonchev–Trinajstić information content (AvgIpc) is 1.63. The molecule has 1 aliphatic rings. The fourth-order valence-electron chi connectivity index (χ4n) is 10.8. The number of H-pyrrole nitrogens is 5. The zero-order chi connectivity index (χ0) is 92.4. The van der Waals surface area contributed by atoms with Crippen molar-refractivity contribution in [3.8, 4) is 0 Å². The Balaban J connectivity index is 0.000000242. The summed E-state index contributed by atoms with van der Waals surface area (Å²) in [5.74, 6) is -0.426. The van der Waals surface area contributed by atoms with E-state index < -0.39 is 39.7 Å². The predicted molar refractivity (Wildman–Crippen MR) is 468 cm³/mol. The highest BCUT2D eigenvalue weighted by molar-refractivity contribution is 5.83. The molecule has 0 fully saturated rings. The molecule has 12 aromatic heterocycles. The van der Waals surface area contributed by atoms with Crippen molar-refractivity contribution in [2.24, 2.45) is 10.4 Å². The van der Waals surface area contributed by atoms with Gasteiger partial charge in [-0.3, -0.25) is 76.7 Å². The number of hydrogen-bond donors (Lipinski definition) is 12. The molecule has 19 N–H and O–H groups in total. The normalized spacial score (nSPS) is 12.7. The van der Waals surface area contributed by atoms with Crippen LogP contribution in [0.15, 0.2) is 127 Å². The van der Waals surface area contributed by atoms with Crippen LogP contribution >= 0.6 is 0 Å². The van der Waals surface area contributed by atoms with Gasteiger partial charge >= 0.3 is 28.4 Å². The van der Waals surface area contributed by atoms with Gasteiger partial charge in [-0.15, -0.1) is 0 Å².